The van der Waals surface area contributed by atoms with Crippen LogP contribution in [0.25, 0.3) is 0 Å². The van der Waals surface area contributed by atoms with E-state index >= 15 is 0 Å². The summed E-state index contributed by atoms with van der Waals surface area (Å²) in [5, 5.41) is 10.6. The molecule has 5 aliphatic rings. The molecule has 2 saturated heterocycles. The molecular weight excluding hydrogens is 530 g/mol. The van der Waals surface area contributed by atoms with Crippen LogP contribution in [0.15, 0.2) is 54.6 Å². The van der Waals surface area contributed by atoms with E-state index in [0.29, 0.717) is 25.9 Å². The summed E-state index contributed by atoms with van der Waals surface area (Å²) in [6.07, 6.45) is 14.1. The van der Waals surface area contributed by atoms with E-state index in [4.69, 9.17) is 4.74 Å². The molecule has 226 valence electrons. The summed E-state index contributed by atoms with van der Waals surface area (Å²) in [5.74, 6) is -2.04. The average molecular weight is 576 g/mol. The van der Waals surface area contributed by atoms with Gasteiger partial charge >= 0.3 is 0 Å². The van der Waals surface area contributed by atoms with Crippen molar-refractivity contribution in [3.8, 4) is 0 Å². The number of nitrogens with zero attached hydrogens (tertiary/aromatic N) is 3. The van der Waals surface area contributed by atoms with Crippen LogP contribution in [0.2, 0.25) is 0 Å². The molecule has 1 N–H and O–H groups in total. The second-order valence-corrected chi connectivity index (χ2v) is 13.2. The van der Waals surface area contributed by atoms with Crippen LogP contribution in [-0.4, -0.2) is 81.7 Å². The molecule has 0 bridgehead atoms. The van der Waals surface area contributed by atoms with Crippen molar-refractivity contribution in [2.45, 2.75) is 95.0 Å². The number of aliphatic hydroxyl groups excluding tert-OH is 1. The number of carbonyl (C=O) groups excluding carboxylic acids is 3. The van der Waals surface area contributed by atoms with E-state index in [1.807, 2.05) is 66.5 Å². The van der Waals surface area contributed by atoms with E-state index in [0.717, 1.165) is 31.4 Å². The van der Waals surface area contributed by atoms with Gasteiger partial charge in [-0.3, -0.25) is 14.4 Å². The van der Waals surface area contributed by atoms with E-state index in [1.54, 1.807) is 9.80 Å². The number of aliphatic hydroxyl groups is 1. The number of fused-ring (bicyclic) bond motifs is 2. The molecule has 42 heavy (non-hydrogen) atoms. The minimum absolute atomic E-state index is 0.113. The number of carbonyl (C=O) groups is 3. The first-order valence-corrected chi connectivity index (χ1v) is 15.9. The lowest BCUT2D eigenvalue weighted by molar-refractivity contribution is -0.157. The molecule has 6 rings (SSSR count). The van der Waals surface area contributed by atoms with Gasteiger partial charge in [0.25, 0.3) is 0 Å². The Hall–Kier alpha value is -2.97. The molecule has 1 aliphatic carbocycles. The first-order valence-electron chi connectivity index (χ1n) is 15.9. The summed E-state index contributed by atoms with van der Waals surface area (Å²) in [6, 6.07) is 8.16. The van der Waals surface area contributed by atoms with Gasteiger partial charge in [-0.15, -0.1) is 0 Å². The van der Waals surface area contributed by atoms with E-state index < -0.39 is 35.1 Å². The molecule has 1 aromatic rings. The molecular formula is C34H45N3O5. The largest absolute Gasteiger partial charge is 0.394 e. The number of hydrogen-bond acceptors (Lipinski definition) is 5. The number of anilines is 1. The molecule has 8 heteroatoms. The maximum Gasteiger partial charge on any atom is 0.249 e. The molecule has 3 amide bonds. The molecule has 1 spiro atoms. The van der Waals surface area contributed by atoms with Gasteiger partial charge in [0.05, 0.1) is 30.1 Å². The lowest BCUT2D eigenvalue weighted by Gasteiger charge is -2.42. The zero-order valence-corrected chi connectivity index (χ0v) is 25.2. The topological polar surface area (TPSA) is 90.4 Å². The Kier molecular flexibility index (Phi) is 7.81. The Labute approximate surface area is 249 Å². The zero-order chi connectivity index (χ0) is 29.6. The van der Waals surface area contributed by atoms with Crippen LogP contribution in [-0.2, 0) is 19.1 Å². The smallest absolute Gasteiger partial charge is 0.249 e. The Morgan fingerprint density at radius 3 is 2.31 bits per heavy atom. The van der Waals surface area contributed by atoms with Gasteiger partial charge in [0, 0.05) is 24.8 Å². The molecule has 4 heterocycles. The van der Waals surface area contributed by atoms with Crippen LogP contribution in [0.3, 0.4) is 0 Å². The van der Waals surface area contributed by atoms with Crippen LogP contribution in [0.4, 0.5) is 5.69 Å². The third-order valence-electron chi connectivity index (χ3n) is 10.3. The highest BCUT2D eigenvalue weighted by Crippen LogP contribution is 2.59. The van der Waals surface area contributed by atoms with Crippen LogP contribution in [0, 0.1) is 17.8 Å². The molecule has 4 aliphatic heterocycles. The highest BCUT2D eigenvalue weighted by molar-refractivity contribution is 6.04. The van der Waals surface area contributed by atoms with Crippen LogP contribution >= 0.6 is 0 Å². The van der Waals surface area contributed by atoms with Crippen molar-refractivity contribution < 1.29 is 24.2 Å². The molecule has 0 radical (unpaired) electrons. The first kappa shape index (κ1) is 29.1. The van der Waals surface area contributed by atoms with Crippen molar-refractivity contribution in [2.75, 3.05) is 24.6 Å². The summed E-state index contributed by atoms with van der Waals surface area (Å²) in [7, 11) is 0. The van der Waals surface area contributed by atoms with E-state index in [1.165, 1.54) is 6.42 Å². The third-order valence-corrected chi connectivity index (χ3v) is 10.3. The second kappa shape index (κ2) is 11.3. The van der Waals surface area contributed by atoms with Crippen molar-refractivity contribution >= 4 is 23.4 Å². The van der Waals surface area contributed by atoms with Crippen LogP contribution < -0.4 is 4.90 Å². The van der Waals surface area contributed by atoms with Crippen molar-refractivity contribution in [3.63, 3.8) is 0 Å². The average Bonchev–Trinajstić information content (AvgIpc) is 3.29. The van der Waals surface area contributed by atoms with Gasteiger partial charge in [-0.2, -0.15) is 0 Å². The third kappa shape index (κ3) is 4.44. The fraction of sp³-hybridized carbons (Fsp3) is 0.618. The molecule has 0 aromatic heterocycles. The fourth-order valence-corrected chi connectivity index (χ4v) is 8.49. The monoisotopic (exact) mass is 575 g/mol. The summed E-state index contributed by atoms with van der Waals surface area (Å²) in [5.41, 5.74) is -1.56. The Balaban J connectivity index is 1.49. The van der Waals surface area contributed by atoms with Crippen molar-refractivity contribution in [1.82, 2.24) is 9.80 Å². The van der Waals surface area contributed by atoms with Crippen molar-refractivity contribution in [2.24, 2.45) is 17.8 Å². The number of benzene rings is 1. The molecule has 1 aromatic carbocycles. The van der Waals surface area contributed by atoms with E-state index in [9.17, 15) is 19.5 Å². The van der Waals surface area contributed by atoms with E-state index in [2.05, 4.69) is 13.8 Å². The van der Waals surface area contributed by atoms with Crippen LogP contribution in [0.1, 0.15) is 65.7 Å². The van der Waals surface area contributed by atoms with Gasteiger partial charge in [0.15, 0.2) is 0 Å². The summed E-state index contributed by atoms with van der Waals surface area (Å²) < 4.78 is 7.13. The maximum absolute atomic E-state index is 14.8. The lowest BCUT2D eigenvalue weighted by Crippen LogP contribution is -2.60. The predicted molar refractivity (Wildman–Crippen MR) is 160 cm³/mol. The number of para-hydroxylation sites is 1. The molecule has 1 saturated carbocycles. The van der Waals surface area contributed by atoms with E-state index in [-0.39, 0.29) is 36.3 Å². The number of likely N-dealkylation sites (tertiary alicyclic amines) is 1. The summed E-state index contributed by atoms with van der Waals surface area (Å²) in [6.45, 7) is 6.68. The normalized spacial score (nSPS) is 34.0. The fourth-order valence-electron chi connectivity index (χ4n) is 8.49. The molecule has 1 unspecified atom stereocenters. The minimum atomic E-state index is -1.30. The number of hydrogen-bond donors (Lipinski definition) is 1. The van der Waals surface area contributed by atoms with Crippen molar-refractivity contribution in [3.05, 3.63) is 54.6 Å². The number of rotatable bonds is 7. The van der Waals surface area contributed by atoms with Gasteiger partial charge in [-0.25, -0.2) is 0 Å². The number of amides is 3. The maximum atomic E-state index is 14.8. The Morgan fingerprint density at radius 1 is 0.929 bits per heavy atom. The quantitative estimate of drug-likeness (QED) is 0.495. The van der Waals surface area contributed by atoms with Crippen LogP contribution in [0.5, 0.6) is 0 Å². The molecule has 6 atom stereocenters. The highest BCUT2D eigenvalue weighted by Gasteiger charge is 2.76. The summed E-state index contributed by atoms with van der Waals surface area (Å²) >= 11 is 0. The molecule has 8 nitrogen and oxygen atoms in total. The predicted octanol–water partition coefficient (Wildman–Crippen LogP) is 4.09. The minimum Gasteiger partial charge on any atom is -0.394 e. The van der Waals surface area contributed by atoms with Gasteiger partial charge in [-0.05, 0) is 43.7 Å². The van der Waals surface area contributed by atoms with Gasteiger partial charge in [-0.1, -0.05) is 82.5 Å². The first-order chi connectivity index (χ1) is 20.3. The summed E-state index contributed by atoms with van der Waals surface area (Å²) in [4.78, 5) is 49.5. The SMILES string of the molecule is CC[C@]12C=CCN(c3ccccc3)C(=O)[C@H]1[C@H]1C(=O)N([C@@H](CO)CC(C)C)C3C(=O)N(C4CCCCC4)CC=C[C@@]31O2. The zero-order valence-electron chi connectivity index (χ0n) is 25.2. The van der Waals surface area contributed by atoms with Gasteiger partial charge in [0.2, 0.25) is 17.7 Å². The number of ether oxygens (including phenoxy) is 1. The molecule has 3 fully saturated rings. The second-order valence-electron chi connectivity index (χ2n) is 13.2. The standard InChI is InChI=1S/C34H45N3O5/c1-4-33-17-11-19-35(24-13-7-5-8-14-24)30(39)27(33)28-31(40)37(26(22-38)21-23(2)3)29-32(41)36(25-15-9-6-10-16-25)20-12-18-34(28,29)42-33/h5,7-8,11-14,17-18,23,25-29,38H,4,6,9-10,15-16,19-22H2,1-3H3/t26-,27-,28+,29?,33+,34+/m1/s1. The van der Waals surface area contributed by atoms with Gasteiger partial charge < -0.3 is 24.5 Å². The van der Waals surface area contributed by atoms with Crippen molar-refractivity contribution in [1.29, 1.82) is 0 Å². The lowest BCUT2D eigenvalue weighted by atomic mass is 9.73. The Morgan fingerprint density at radius 2 is 1.64 bits per heavy atom. The highest BCUT2D eigenvalue weighted by atomic mass is 16.5. The Bertz CT molecular complexity index is 1260. The van der Waals surface area contributed by atoms with Gasteiger partial charge in [0.1, 0.15) is 11.6 Å².